The summed E-state index contributed by atoms with van der Waals surface area (Å²) in [6.45, 7) is 4.77. The van der Waals surface area contributed by atoms with Crippen LogP contribution in [-0.4, -0.2) is 45.4 Å². The van der Waals surface area contributed by atoms with Crippen LogP contribution in [0.25, 0.3) is 0 Å². The van der Waals surface area contributed by atoms with Gasteiger partial charge in [-0.1, -0.05) is 61.2 Å². The normalized spacial score (nSPS) is 12.2. The largest absolute Gasteiger partial charge is 0.351 e. The predicted octanol–water partition coefficient (Wildman–Crippen LogP) is 4.20. The van der Waals surface area contributed by atoms with E-state index in [0.29, 0.717) is 17.3 Å². The number of halogens is 1. The zero-order valence-corrected chi connectivity index (χ0v) is 19.8. The lowest BCUT2D eigenvalue weighted by Crippen LogP contribution is -2.25. The molecule has 1 N–H and O–H groups in total. The quantitative estimate of drug-likeness (QED) is 0.465. The molecule has 6 nitrogen and oxygen atoms in total. The Balaban J connectivity index is 1.70. The third kappa shape index (κ3) is 6.17. The molecule has 1 heterocycles. The lowest BCUT2D eigenvalue weighted by Gasteiger charge is -2.23. The molecule has 0 aliphatic heterocycles. The summed E-state index contributed by atoms with van der Waals surface area (Å²) in [6, 6.07) is 15.3. The lowest BCUT2D eigenvalue weighted by molar-refractivity contribution is -0.118. The molecule has 0 aliphatic rings. The maximum absolute atomic E-state index is 13.7. The summed E-state index contributed by atoms with van der Waals surface area (Å²) >= 11 is 1.36. The molecule has 0 radical (unpaired) electrons. The molecule has 32 heavy (non-hydrogen) atoms. The highest BCUT2D eigenvalue weighted by molar-refractivity contribution is 7.99. The van der Waals surface area contributed by atoms with Crippen LogP contribution in [0.3, 0.4) is 0 Å². The molecule has 0 spiro atoms. The van der Waals surface area contributed by atoms with Crippen molar-refractivity contribution >= 4 is 17.7 Å². The second kappa shape index (κ2) is 11.2. The van der Waals surface area contributed by atoms with Crippen molar-refractivity contribution in [1.82, 2.24) is 25.0 Å². The van der Waals surface area contributed by atoms with E-state index in [1.165, 1.54) is 17.8 Å². The number of carbonyl (C=O) groups excluding carboxylic acids is 1. The van der Waals surface area contributed by atoms with Gasteiger partial charge in [-0.2, -0.15) is 0 Å². The van der Waals surface area contributed by atoms with Gasteiger partial charge in [-0.25, -0.2) is 4.39 Å². The van der Waals surface area contributed by atoms with Gasteiger partial charge in [0.1, 0.15) is 5.82 Å². The molecule has 0 fully saturated rings. The molecule has 3 aromatic rings. The Labute approximate surface area is 193 Å². The Morgan fingerprint density at radius 3 is 2.56 bits per heavy atom. The van der Waals surface area contributed by atoms with Crippen LogP contribution < -0.4 is 5.32 Å². The van der Waals surface area contributed by atoms with E-state index in [1.807, 2.05) is 38.4 Å². The van der Waals surface area contributed by atoms with E-state index >= 15 is 0 Å². The Morgan fingerprint density at radius 2 is 1.91 bits per heavy atom. The summed E-state index contributed by atoms with van der Waals surface area (Å²) in [5.74, 6) is 0.699. The van der Waals surface area contributed by atoms with Crippen molar-refractivity contribution in [2.45, 2.75) is 44.6 Å². The van der Waals surface area contributed by atoms with Gasteiger partial charge in [-0.15, -0.1) is 10.2 Å². The van der Waals surface area contributed by atoms with Gasteiger partial charge >= 0.3 is 0 Å². The molecular formula is C24H30FN5OS. The number of benzene rings is 2. The summed E-state index contributed by atoms with van der Waals surface area (Å²) in [5.41, 5.74) is 2.47. The average molecular weight is 456 g/mol. The number of nitrogens with zero attached hydrogens (tertiary/aromatic N) is 4. The smallest absolute Gasteiger partial charge is 0.230 e. The number of aromatic nitrogens is 3. The summed E-state index contributed by atoms with van der Waals surface area (Å²) < 4.78 is 15.8. The summed E-state index contributed by atoms with van der Waals surface area (Å²) in [7, 11) is 4.06. The van der Waals surface area contributed by atoms with E-state index in [2.05, 4.69) is 44.0 Å². The predicted molar refractivity (Wildman–Crippen MR) is 126 cm³/mol. The van der Waals surface area contributed by atoms with Gasteiger partial charge in [0.15, 0.2) is 11.0 Å². The summed E-state index contributed by atoms with van der Waals surface area (Å²) in [5, 5.41) is 12.4. The van der Waals surface area contributed by atoms with E-state index in [1.54, 1.807) is 13.0 Å². The minimum absolute atomic E-state index is 0.130. The standard InChI is InChI=1S/C24H30FN5OS/c1-5-21(29(3)4)23-27-28-24(30(23)15-18-9-7-6-8-10-18)32-16-22(31)26-14-19-12-11-17(2)20(25)13-19/h6-13,21H,5,14-16H2,1-4H3,(H,26,31)/t21-/m1/s1. The van der Waals surface area contributed by atoms with Crippen LogP contribution in [0.5, 0.6) is 0 Å². The van der Waals surface area contributed by atoms with E-state index in [-0.39, 0.29) is 30.1 Å². The van der Waals surface area contributed by atoms with Gasteiger partial charge in [0.2, 0.25) is 5.91 Å². The first-order valence-corrected chi connectivity index (χ1v) is 11.7. The fraction of sp³-hybridized carbons (Fsp3) is 0.375. The number of thioether (sulfide) groups is 1. The molecule has 0 bridgehead atoms. The van der Waals surface area contributed by atoms with Crippen LogP contribution in [0, 0.1) is 12.7 Å². The zero-order valence-electron chi connectivity index (χ0n) is 19.0. The molecule has 1 atom stereocenters. The first-order valence-electron chi connectivity index (χ1n) is 10.7. The van der Waals surface area contributed by atoms with Crippen molar-refractivity contribution in [3.8, 4) is 0 Å². The summed E-state index contributed by atoms with van der Waals surface area (Å²) in [6.07, 6.45) is 0.901. The number of rotatable bonds is 10. The molecule has 170 valence electrons. The molecular weight excluding hydrogens is 425 g/mol. The lowest BCUT2D eigenvalue weighted by atomic mass is 10.1. The third-order valence-corrected chi connectivity index (χ3v) is 6.26. The van der Waals surface area contributed by atoms with E-state index in [4.69, 9.17) is 0 Å². The monoisotopic (exact) mass is 455 g/mol. The molecule has 3 rings (SSSR count). The van der Waals surface area contributed by atoms with Crippen LogP contribution in [0.2, 0.25) is 0 Å². The van der Waals surface area contributed by atoms with Crippen molar-refractivity contribution in [2.75, 3.05) is 19.8 Å². The van der Waals surface area contributed by atoms with Crippen molar-refractivity contribution in [2.24, 2.45) is 0 Å². The minimum Gasteiger partial charge on any atom is -0.351 e. The van der Waals surface area contributed by atoms with Crippen molar-refractivity contribution in [3.63, 3.8) is 0 Å². The van der Waals surface area contributed by atoms with Crippen molar-refractivity contribution in [1.29, 1.82) is 0 Å². The summed E-state index contributed by atoms with van der Waals surface area (Å²) in [4.78, 5) is 14.6. The molecule has 8 heteroatoms. The van der Waals surface area contributed by atoms with Gasteiger partial charge < -0.3 is 9.88 Å². The van der Waals surface area contributed by atoms with E-state index in [0.717, 1.165) is 23.4 Å². The van der Waals surface area contributed by atoms with Crippen LogP contribution in [0.15, 0.2) is 53.7 Å². The first kappa shape index (κ1) is 23.9. The molecule has 0 unspecified atom stereocenters. The Morgan fingerprint density at radius 1 is 1.16 bits per heavy atom. The number of carbonyl (C=O) groups is 1. The average Bonchev–Trinajstić information content (AvgIpc) is 3.16. The molecule has 1 aromatic heterocycles. The SMILES string of the molecule is CC[C@H](c1nnc(SCC(=O)NCc2ccc(C)c(F)c2)n1Cc1ccccc1)N(C)C. The topological polar surface area (TPSA) is 63.1 Å². The highest BCUT2D eigenvalue weighted by Gasteiger charge is 2.22. The van der Waals surface area contributed by atoms with Gasteiger partial charge in [-0.3, -0.25) is 9.69 Å². The van der Waals surface area contributed by atoms with Crippen LogP contribution in [-0.2, 0) is 17.9 Å². The van der Waals surface area contributed by atoms with Crippen LogP contribution >= 0.6 is 11.8 Å². The fourth-order valence-corrected chi connectivity index (χ4v) is 4.25. The Hall–Kier alpha value is -2.71. The molecule has 2 aromatic carbocycles. The number of amides is 1. The zero-order chi connectivity index (χ0) is 23.1. The minimum atomic E-state index is -0.265. The molecule has 0 aliphatic carbocycles. The van der Waals surface area contributed by atoms with Crippen LogP contribution in [0.1, 0.15) is 41.9 Å². The molecule has 0 saturated carbocycles. The first-order chi connectivity index (χ1) is 15.4. The highest BCUT2D eigenvalue weighted by Crippen LogP contribution is 2.26. The molecule has 0 saturated heterocycles. The van der Waals surface area contributed by atoms with Gasteiger partial charge in [0.05, 0.1) is 18.3 Å². The number of nitrogens with one attached hydrogen (secondary N) is 1. The maximum Gasteiger partial charge on any atom is 0.230 e. The van der Waals surface area contributed by atoms with E-state index in [9.17, 15) is 9.18 Å². The van der Waals surface area contributed by atoms with E-state index < -0.39 is 0 Å². The van der Waals surface area contributed by atoms with Crippen molar-refractivity contribution < 1.29 is 9.18 Å². The Bertz CT molecular complexity index is 1040. The number of aryl methyl sites for hydroxylation is 1. The second-order valence-corrected chi connectivity index (χ2v) is 8.89. The fourth-order valence-electron chi connectivity index (χ4n) is 3.47. The van der Waals surface area contributed by atoms with Crippen LogP contribution in [0.4, 0.5) is 4.39 Å². The second-order valence-electron chi connectivity index (χ2n) is 7.95. The van der Waals surface area contributed by atoms with Crippen molar-refractivity contribution in [3.05, 3.63) is 76.9 Å². The molecule has 1 amide bonds. The Kier molecular flexibility index (Phi) is 8.41. The van der Waals surface area contributed by atoms with Gasteiger partial charge in [-0.05, 0) is 50.2 Å². The maximum atomic E-state index is 13.7. The van der Waals surface area contributed by atoms with Gasteiger partial charge in [0, 0.05) is 6.54 Å². The highest BCUT2D eigenvalue weighted by atomic mass is 32.2. The number of hydrogen-bond acceptors (Lipinski definition) is 5. The van der Waals surface area contributed by atoms with Gasteiger partial charge in [0.25, 0.3) is 0 Å². The third-order valence-electron chi connectivity index (χ3n) is 5.30. The number of hydrogen-bond donors (Lipinski definition) is 1.